The Bertz CT molecular complexity index is 343. The van der Waals surface area contributed by atoms with Crippen LogP contribution in [-0.2, 0) is 11.3 Å². The maximum atomic E-state index is 11.3. The number of hydrogen-bond donors (Lipinski definition) is 0. The molecule has 1 aliphatic rings. The van der Waals surface area contributed by atoms with Crippen molar-refractivity contribution in [1.29, 1.82) is 0 Å². The van der Waals surface area contributed by atoms with Gasteiger partial charge in [0.25, 0.3) is 0 Å². The monoisotopic (exact) mass is 193 g/mol. The van der Waals surface area contributed by atoms with Gasteiger partial charge in [0.2, 0.25) is 0 Å². The fraction of sp³-hybridized carbons (Fsp3) is 0.545. The Morgan fingerprint density at radius 1 is 1.71 bits per heavy atom. The van der Waals surface area contributed by atoms with Crippen LogP contribution in [0.1, 0.15) is 23.8 Å². The van der Waals surface area contributed by atoms with E-state index in [-0.39, 0.29) is 5.97 Å². The minimum Gasteiger partial charge on any atom is -0.464 e. The lowest BCUT2D eigenvalue weighted by Crippen LogP contribution is -2.11. The summed E-state index contributed by atoms with van der Waals surface area (Å²) < 4.78 is 6.69. The van der Waals surface area contributed by atoms with E-state index in [4.69, 9.17) is 4.74 Å². The van der Waals surface area contributed by atoms with Gasteiger partial charge in [0.1, 0.15) is 5.69 Å². The Kier molecular flexibility index (Phi) is 2.32. The third-order valence-electron chi connectivity index (χ3n) is 2.93. The number of hydrogen-bond acceptors (Lipinski definition) is 2. The number of carbonyl (C=O) groups is 1. The van der Waals surface area contributed by atoms with Crippen LogP contribution < -0.4 is 0 Å². The quantitative estimate of drug-likeness (QED) is 0.687. The van der Waals surface area contributed by atoms with Crippen LogP contribution in [0, 0.1) is 11.8 Å². The number of aromatic nitrogens is 1. The molecule has 14 heavy (non-hydrogen) atoms. The van der Waals surface area contributed by atoms with E-state index >= 15 is 0 Å². The smallest absolute Gasteiger partial charge is 0.354 e. The van der Waals surface area contributed by atoms with E-state index in [1.165, 1.54) is 13.5 Å². The van der Waals surface area contributed by atoms with Crippen molar-refractivity contribution in [1.82, 2.24) is 4.57 Å². The van der Waals surface area contributed by atoms with Crippen LogP contribution in [0.4, 0.5) is 0 Å². The minimum atomic E-state index is -0.247. The molecule has 0 N–H and O–H groups in total. The standard InChI is InChI=1S/C11H15NO2/c1-8-6-9(8)7-12-5-3-4-10(12)11(13)14-2/h3-5,8-9H,6-7H2,1-2H3/t8-,9+/m0/s1. The summed E-state index contributed by atoms with van der Waals surface area (Å²) in [5.41, 5.74) is 0.659. The molecule has 1 aromatic heterocycles. The highest BCUT2D eigenvalue weighted by molar-refractivity contribution is 5.87. The van der Waals surface area contributed by atoms with E-state index in [0.29, 0.717) is 5.69 Å². The molecule has 3 heteroatoms. The van der Waals surface area contributed by atoms with E-state index in [9.17, 15) is 4.79 Å². The van der Waals surface area contributed by atoms with Crippen LogP contribution >= 0.6 is 0 Å². The Morgan fingerprint density at radius 3 is 3.00 bits per heavy atom. The van der Waals surface area contributed by atoms with Gasteiger partial charge in [0, 0.05) is 12.7 Å². The molecule has 76 valence electrons. The van der Waals surface area contributed by atoms with Gasteiger partial charge in [-0.3, -0.25) is 0 Å². The van der Waals surface area contributed by atoms with Crippen molar-refractivity contribution in [3.63, 3.8) is 0 Å². The molecule has 1 saturated carbocycles. The summed E-state index contributed by atoms with van der Waals surface area (Å²) in [6, 6.07) is 3.69. The Morgan fingerprint density at radius 2 is 2.43 bits per heavy atom. The number of nitrogens with zero attached hydrogens (tertiary/aromatic N) is 1. The highest BCUT2D eigenvalue weighted by Gasteiger charge is 2.33. The number of rotatable bonds is 3. The van der Waals surface area contributed by atoms with E-state index in [1.54, 1.807) is 6.07 Å². The maximum Gasteiger partial charge on any atom is 0.354 e. The molecule has 0 amide bonds. The fourth-order valence-electron chi connectivity index (χ4n) is 1.77. The predicted octanol–water partition coefficient (Wildman–Crippen LogP) is 1.93. The van der Waals surface area contributed by atoms with Crippen molar-refractivity contribution in [3.05, 3.63) is 24.0 Å². The summed E-state index contributed by atoms with van der Waals surface area (Å²) in [4.78, 5) is 11.3. The second-order valence-corrected chi connectivity index (χ2v) is 4.01. The first-order valence-corrected chi connectivity index (χ1v) is 4.96. The third kappa shape index (κ3) is 1.67. The molecule has 2 rings (SSSR count). The Balaban J connectivity index is 2.09. The molecule has 0 bridgehead atoms. The van der Waals surface area contributed by atoms with Crippen LogP contribution in [-0.4, -0.2) is 17.6 Å². The van der Waals surface area contributed by atoms with Crippen LogP contribution in [0.3, 0.4) is 0 Å². The summed E-state index contributed by atoms with van der Waals surface area (Å²) in [5, 5.41) is 0. The molecule has 1 fully saturated rings. The zero-order chi connectivity index (χ0) is 10.1. The van der Waals surface area contributed by atoms with E-state index in [1.807, 2.05) is 16.8 Å². The second kappa shape index (κ2) is 3.48. The first kappa shape index (κ1) is 9.31. The molecule has 2 atom stereocenters. The molecular weight excluding hydrogens is 178 g/mol. The summed E-state index contributed by atoms with van der Waals surface area (Å²) in [5.74, 6) is 1.30. The van der Waals surface area contributed by atoms with Gasteiger partial charge < -0.3 is 9.30 Å². The molecule has 0 radical (unpaired) electrons. The van der Waals surface area contributed by atoms with Gasteiger partial charge in [-0.2, -0.15) is 0 Å². The normalized spacial score (nSPS) is 24.7. The summed E-state index contributed by atoms with van der Waals surface area (Å²) >= 11 is 0. The summed E-state index contributed by atoms with van der Waals surface area (Å²) in [6.07, 6.45) is 3.22. The number of carbonyl (C=O) groups excluding carboxylic acids is 1. The molecular formula is C11H15NO2. The van der Waals surface area contributed by atoms with Gasteiger partial charge in [0.15, 0.2) is 0 Å². The van der Waals surface area contributed by atoms with Gasteiger partial charge in [0.05, 0.1) is 7.11 Å². The molecule has 0 unspecified atom stereocenters. The first-order chi connectivity index (χ1) is 6.72. The minimum absolute atomic E-state index is 0.247. The van der Waals surface area contributed by atoms with Gasteiger partial charge in [-0.15, -0.1) is 0 Å². The van der Waals surface area contributed by atoms with Crippen molar-refractivity contribution in [3.8, 4) is 0 Å². The molecule has 1 aromatic rings. The van der Waals surface area contributed by atoms with Gasteiger partial charge in [-0.05, 0) is 30.4 Å². The molecule has 1 aliphatic carbocycles. The zero-order valence-electron chi connectivity index (χ0n) is 8.56. The largest absolute Gasteiger partial charge is 0.464 e. The molecule has 3 nitrogen and oxygen atoms in total. The van der Waals surface area contributed by atoms with Gasteiger partial charge in [-0.1, -0.05) is 6.92 Å². The highest BCUT2D eigenvalue weighted by atomic mass is 16.5. The number of ether oxygens (including phenoxy) is 1. The predicted molar refractivity (Wildman–Crippen MR) is 53.0 cm³/mol. The van der Waals surface area contributed by atoms with E-state index in [0.717, 1.165) is 18.4 Å². The average Bonchev–Trinajstić information content (AvgIpc) is 2.67. The Hall–Kier alpha value is -1.25. The van der Waals surface area contributed by atoms with Crippen LogP contribution in [0.2, 0.25) is 0 Å². The van der Waals surface area contributed by atoms with E-state index in [2.05, 4.69) is 6.92 Å². The topological polar surface area (TPSA) is 31.2 Å². The highest BCUT2D eigenvalue weighted by Crippen LogP contribution is 2.39. The lowest BCUT2D eigenvalue weighted by Gasteiger charge is -2.06. The van der Waals surface area contributed by atoms with Crippen molar-refractivity contribution in [2.45, 2.75) is 19.9 Å². The molecule has 0 saturated heterocycles. The number of esters is 1. The van der Waals surface area contributed by atoms with Crippen molar-refractivity contribution in [2.24, 2.45) is 11.8 Å². The van der Waals surface area contributed by atoms with Crippen LogP contribution in [0.25, 0.3) is 0 Å². The Labute approximate surface area is 83.7 Å². The maximum absolute atomic E-state index is 11.3. The number of methoxy groups -OCH3 is 1. The van der Waals surface area contributed by atoms with Crippen molar-refractivity contribution in [2.75, 3.05) is 7.11 Å². The SMILES string of the molecule is COC(=O)c1cccn1C[C@H]1C[C@@H]1C. The van der Waals surface area contributed by atoms with Crippen molar-refractivity contribution < 1.29 is 9.53 Å². The van der Waals surface area contributed by atoms with Crippen LogP contribution in [0.15, 0.2) is 18.3 Å². The van der Waals surface area contributed by atoms with E-state index < -0.39 is 0 Å². The molecule has 1 heterocycles. The van der Waals surface area contributed by atoms with Gasteiger partial charge >= 0.3 is 5.97 Å². The molecule has 0 aromatic carbocycles. The fourth-order valence-corrected chi connectivity index (χ4v) is 1.77. The summed E-state index contributed by atoms with van der Waals surface area (Å²) in [6.45, 7) is 3.19. The lowest BCUT2D eigenvalue weighted by atomic mass is 10.3. The molecule has 0 aliphatic heterocycles. The third-order valence-corrected chi connectivity index (χ3v) is 2.93. The van der Waals surface area contributed by atoms with Crippen LogP contribution in [0.5, 0.6) is 0 Å². The first-order valence-electron chi connectivity index (χ1n) is 4.96. The molecule has 0 spiro atoms. The lowest BCUT2D eigenvalue weighted by molar-refractivity contribution is 0.0588. The average molecular weight is 193 g/mol. The summed E-state index contributed by atoms with van der Waals surface area (Å²) in [7, 11) is 1.42. The van der Waals surface area contributed by atoms with Crippen molar-refractivity contribution >= 4 is 5.97 Å². The zero-order valence-corrected chi connectivity index (χ0v) is 8.56. The second-order valence-electron chi connectivity index (χ2n) is 4.01. The van der Waals surface area contributed by atoms with Gasteiger partial charge in [-0.25, -0.2) is 4.79 Å².